The Balaban J connectivity index is 1.50. The molecule has 0 radical (unpaired) electrons. The minimum absolute atomic E-state index is 0.170. The van der Waals surface area contributed by atoms with Crippen LogP contribution in [0.25, 0.3) is 11.4 Å². The first-order chi connectivity index (χ1) is 15.6. The summed E-state index contributed by atoms with van der Waals surface area (Å²) in [5.41, 5.74) is 6.92. The lowest BCUT2D eigenvalue weighted by Gasteiger charge is -2.33. The van der Waals surface area contributed by atoms with E-state index in [9.17, 15) is 9.18 Å². The Morgan fingerprint density at radius 3 is 2.44 bits per heavy atom. The Hall–Kier alpha value is -3.65. The molecule has 5 rings (SSSR count). The fraction of sp³-hybridized carbons (Fsp3) is 0.125. The van der Waals surface area contributed by atoms with Crippen LogP contribution in [0.5, 0.6) is 0 Å². The average molecular weight is 446 g/mol. The summed E-state index contributed by atoms with van der Waals surface area (Å²) in [6.45, 7) is 1.99. The van der Waals surface area contributed by atoms with Crippen LogP contribution in [0.2, 0.25) is 0 Å². The van der Waals surface area contributed by atoms with Gasteiger partial charge in [-0.15, -0.1) is 10.2 Å². The maximum Gasteiger partial charge on any atom is 0.240 e. The molecule has 4 aromatic rings. The third kappa shape index (κ3) is 3.97. The first-order valence-corrected chi connectivity index (χ1v) is 11.0. The van der Waals surface area contributed by atoms with Crippen LogP contribution in [0, 0.1) is 12.7 Å². The second kappa shape index (κ2) is 8.47. The number of fused-ring (bicyclic) bond motifs is 1. The summed E-state index contributed by atoms with van der Waals surface area (Å²) in [5.74, 6) is 0.154. The van der Waals surface area contributed by atoms with Crippen LogP contribution in [-0.4, -0.2) is 26.0 Å². The molecule has 0 spiro atoms. The minimum Gasteiger partial charge on any atom is -0.325 e. The van der Waals surface area contributed by atoms with Gasteiger partial charge in [0.25, 0.3) is 0 Å². The van der Waals surface area contributed by atoms with Gasteiger partial charge in [-0.3, -0.25) is 4.79 Å². The number of benzene rings is 3. The van der Waals surface area contributed by atoms with Gasteiger partial charge in [0, 0.05) is 11.3 Å². The van der Waals surface area contributed by atoms with Crippen molar-refractivity contribution >= 4 is 23.4 Å². The predicted octanol–water partition coefficient (Wildman–Crippen LogP) is 4.79. The summed E-state index contributed by atoms with van der Waals surface area (Å²) in [5, 5.41) is 11.7. The van der Waals surface area contributed by atoms with Crippen LogP contribution in [0.15, 0.2) is 84.0 Å². The summed E-state index contributed by atoms with van der Waals surface area (Å²) in [4.78, 5) is 13.3. The molecule has 2 N–H and O–H groups in total. The van der Waals surface area contributed by atoms with Crippen molar-refractivity contribution in [1.82, 2.24) is 14.9 Å². The number of amides is 1. The predicted molar refractivity (Wildman–Crippen MR) is 123 cm³/mol. The van der Waals surface area contributed by atoms with Crippen LogP contribution >= 0.6 is 11.8 Å². The molecule has 1 aromatic heterocycles. The van der Waals surface area contributed by atoms with Gasteiger partial charge in [0.15, 0.2) is 5.82 Å². The molecule has 0 fully saturated rings. The number of hydrogen-bond acceptors (Lipinski definition) is 5. The molecule has 8 heteroatoms. The molecule has 2 atom stereocenters. The lowest BCUT2D eigenvalue weighted by molar-refractivity contribution is -0.116. The number of aromatic nitrogens is 3. The van der Waals surface area contributed by atoms with E-state index in [1.807, 2.05) is 61.5 Å². The largest absolute Gasteiger partial charge is 0.325 e. The van der Waals surface area contributed by atoms with Crippen LogP contribution in [0.3, 0.4) is 0 Å². The summed E-state index contributed by atoms with van der Waals surface area (Å²) in [7, 11) is 0. The topological polar surface area (TPSA) is 71.8 Å². The fourth-order valence-corrected chi connectivity index (χ4v) is 4.68. The highest BCUT2D eigenvalue weighted by Crippen LogP contribution is 2.39. The van der Waals surface area contributed by atoms with E-state index in [0.29, 0.717) is 11.0 Å². The van der Waals surface area contributed by atoms with E-state index in [1.54, 1.807) is 16.8 Å². The number of thioether (sulfide) groups is 1. The molecule has 0 bridgehead atoms. The Morgan fingerprint density at radius 2 is 1.72 bits per heavy atom. The molecule has 1 aliphatic heterocycles. The number of nitrogens with zero attached hydrogens (tertiary/aromatic N) is 3. The molecule has 0 saturated carbocycles. The number of aryl methyl sites for hydroxylation is 1. The maximum absolute atomic E-state index is 13.6. The van der Waals surface area contributed by atoms with Crippen molar-refractivity contribution in [2.45, 2.75) is 23.4 Å². The lowest BCUT2D eigenvalue weighted by Crippen LogP contribution is -2.41. The summed E-state index contributed by atoms with van der Waals surface area (Å²) in [6, 6.07) is 23.1. The highest BCUT2D eigenvalue weighted by molar-refractivity contribution is 8.00. The number of hydrogen-bond donors (Lipinski definition) is 2. The summed E-state index contributed by atoms with van der Waals surface area (Å²) < 4.78 is 15.4. The zero-order valence-electron chi connectivity index (χ0n) is 17.2. The molecular formula is C24H20FN5OS. The SMILES string of the molecule is Cc1ccc(NC(=O)[C@@H]2Sc3nnc(-c4ccccc4)n3N[C@H]2c2ccc(F)cc2)cc1. The van der Waals surface area contributed by atoms with Crippen LogP contribution in [0.4, 0.5) is 10.1 Å². The third-order valence-electron chi connectivity index (χ3n) is 5.28. The van der Waals surface area contributed by atoms with Crippen molar-refractivity contribution in [3.63, 3.8) is 0 Å². The zero-order valence-corrected chi connectivity index (χ0v) is 18.0. The maximum atomic E-state index is 13.6. The molecule has 32 heavy (non-hydrogen) atoms. The second-order valence-corrected chi connectivity index (χ2v) is 8.67. The van der Waals surface area contributed by atoms with Gasteiger partial charge in [-0.25, -0.2) is 9.07 Å². The van der Waals surface area contributed by atoms with Crippen molar-refractivity contribution in [2.75, 3.05) is 10.7 Å². The highest BCUT2D eigenvalue weighted by Gasteiger charge is 2.38. The average Bonchev–Trinajstić information content (AvgIpc) is 3.24. The number of rotatable bonds is 4. The molecular weight excluding hydrogens is 425 g/mol. The smallest absolute Gasteiger partial charge is 0.240 e. The lowest BCUT2D eigenvalue weighted by atomic mass is 10.0. The Kier molecular flexibility index (Phi) is 5.36. The molecule has 3 aromatic carbocycles. The van der Waals surface area contributed by atoms with Crippen LogP contribution < -0.4 is 10.7 Å². The van der Waals surface area contributed by atoms with Crippen molar-refractivity contribution in [3.05, 3.63) is 95.8 Å². The molecule has 1 aliphatic rings. The molecule has 1 amide bonds. The summed E-state index contributed by atoms with van der Waals surface area (Å²) >= 11 is 1.33. The molecule has 0 aliphatic carbocycles. The fourth-order valence-electron chi connectivity index (χ4n) is 3.60. The number of carbonyl (C=O) groups is 1. The van der Waals surface area contributed by atoms with E-state index in [-0.39, 0.29) is 11.7 Å². The standard InChI is InChI=1S/C24H20FN5OS/c1-15-7-13-19(14-8-15)26-23(31)21-20(16-9-11-18(25)12-10-16)29-30-22(27-28-24(30)32-21)17-5-3-2-4-6-17/h2-14,20-21,29H,1H3,(H,26,31)/t20-,21+/m0/s1. The van der Waals surface area contributed by atoms with Gasteiger partial charge in [0.05, 0.1) is 6.04 Å². The molecule has 2 heterocycles. The zero-order chi connectivity index (χ0) is 22.1. The van der Waals surface area contributed by atoms with Gasteiger partial charge in [0.1, 0.15) is 11.1 Å². The van der Waals surface area contributed by atoms with E-state index >= 15 is 0 Å². The number of nitrogens with one attached hydrogen (secondary N) is 2. The first-order valence-electron chi connectivity index (χ1n) is 10.2. The second-order valence-electron chi connectivity index (χ2n) is 7.56. The first kappa shape index (κ1) is 20.3. The van der Waals surface area contributed by atoms with Crippen LogP contribution in [-0.2, 0) is 4.79 Å². The van der Waals surface area contributed by atoms with E-state index in [1.165, 1.54) is 23.9 Å². The molecule has 160 valence electrons. The van der Waals surface area contributed by atoms with Gasteiger partial charge in [-0.05, 0) is 36.8 Å². The van der Waals surface area contributed by atoms with Crippen molar-refractivity contribution in [1.29, 1.82) is 0 Å². The number of carbonyl (C=O) groups excluding carboxylic acids is 1. The number of halogens is 1. The quantitative estimate of drug-likeness (QED) is 0.473. The Morgan fingerprint density at radius 1 is 1.00 bits per heavy atom. The van der Waals surface area contributed by atoms with E-state index in [4.69, 9.17) is 0 Å². The highest BCUT2D eigenvalue weighted by atomic mass is 32.2. The third-order valence-corrected chi connectivity index (χ3v) is 6.49. The van der Waals surface area contributed by atoms with Gasteiger partial charge < -0.3 is 10.7 Å². The van der Waals surface area contributed by atoms with Gasteiger partial charge in [0.2, 0.25) is 11.1 Å². The molecule has 0 unspecified atom stereocenters. The van der Waals surface area contributed by atoms with E-state index in [0.717, 1.165) is 22.4 Å². The van der Waals surface area contributed by atoms with Gasteiger partial charge in [-0.2, -0.15) is 0 Å². The minimum atomic E-state index is -0.540. The van der Waals surface area contributed by atoms with E-state index < -0.39 is 11.3 Å². The Labute approximate surface area is 188 Å². The van der Waals surface area contributed by atoms with E-state index in [2.05, 4.69) is 20.9 Å². The van der Waals surface area contributed by atoms with Crippen LogP contribution in [0.1, 0.15) is 17.2 Å². The number of anilines is 1. The summed E-state index contributed by atoms with van der Waals surface area (Å²) in [6.07, 6.45) is 0. The van der Waals surface area contributed by atoms with Crippen molar-refractivity contribution in [2.24, 2.45) is 0 Å². The van der Waals surface area contributed by atoms with Gasteiger partial charge in [-0.1, -0.05) is 71.9 Å². The normalized spacial score (nSPS) is 17.3. The molecule has 6 nitrogen and oxygen atoms in total. The monoisotopic (exact) mass is 445 g/mol. The Bertz CT molecular complexity index is 1240. The van der Waals surface area contributed by atoms with Crippen molar-refractivity contribution < 1.29 is 9.18 Å². The van der Waals surface area contributed by atoms with Gasteiger partial charge >= 0.3 is 0 Å². The van der Waals surface area contributed by atoms with Crippen molar-refractivity contribution in [3.8, 4) is 11.4 Å². The molecule has 0 saturated heterocycles.